The van der Waals surface area contributed by atoms with E-state index in [9.17, 15) is 4.79 Å². The number of nitrogens with zero attached hydrogens (tertiary/aromatic N) is 2. The molecule has 1 aromatic rings. The molecule has 0 aliphatic carbocycles. The summed E-state index contributed by atoms with van der Waals surface area (Å²) in [7, 11) is 0. The number of carbonyl (C=O) groups is 1. The highest BCUT2D eigenvalue weighted by molar-refractivity contribution is 5.85. The van der Waals surface area contributed by atoms with Crippen molar-refractivity contribution in [2.24, 2.45) is 0 Å². The van der Waals surface area contributed by atoms with Gasteiger partial charge in [-0.3, -0.25) is 9.78 Å². The van der Waals surface area contributed by atoms with E-state index in [4.69, 9.17) is 0 Å². The zero-order valence-corrected chi connectivity index (χ0v) is 13.7. The lowest BCUT2D eigenvalue weighted by atomic mass is 10.1. The van der Waals surface area contributed by atoms with Crippen LogP contribution in [0.1, 0.15) is 31.2 Å². The number of hydrogen-bond acceptors (Lipinski definition) is 3. The molecule has 1 amide bonds. The Bertz CT molecular complexity index is 444. The lowest BCUT2D eigenvalue weighted by Gasteiger charge is -2.24. The fraction of sp³-hybridized carbons (Fsp3) is 0.600. The van der Waals surface area contributed by atoms with Crippen LogP contribution < -0.4 is 5.32 Å². The minimum atomic E-state index is 0. The molecule has 1 aromatic heterocycles. The number of fused-ring (bicyclic) bond motifs is 2. The van der Waals surface area contributed by atoms with Gasteiger partial charge >= 0.3 is 0 Å². The molecule has 2 aliphatic rings. The van der Waals surface area contributed by atoms with Crippen LogP contribution in [-0.2, 0) is 11.2 Å². The van der Waals surface area contributed by atoms with Crippen LogP contribution >= 0.6 is 24.8 Å². The van der Waals surface area contributed by atoms with Gasteiger partial charge in [0.25, 0.3) is 0 Å². The van der Waals surface area contributed by atoms with Gasteiger partial charge in [-0.15, -0.1) is 24.8 Å². The number of nitrogens with one attached hydrogen (secondary N) is 1. The van der Waals surface area contributed by atoms with Crippen molar-refractivity contribution in [1.82, 2.24) is 15.2 Å². The van der Waals surface area contributed by atoms with Gasteiger partial charge in [-0.05, 0) is 43.4 Å². The smallest absolute Gasteiger partial charge is 0.222 e. The summed E-state index contributed by atoms with van der Waals surface area (Å²) in [5, 5.41) is 3.61. The lowest BCUT2D eigenvalue weighted by molar-refractivity contribution is -0.131. The monoisotopic (exact) mass is 331 g/mol. The van der Waals surface area contributed by atoms with Crippen LogP contribution in [0.5, 0.6) is 0 Å². The predicted octanol–water partition coefficient (Wildman–Crippen LogP) is 2.21. The minimum Gasteiger partial charge on any atom is -0.341 e. The molecule has 0 aromatic carbocycles. The second-order valence-corrected chi connectivity index (χ2v) is 5.62. The molecule has 2 bridgehead atoms. The van der Waals surface area contributed by atoms with Gasteiger partial charge < -0.3 is 10.2 Å². The van der Waals surface area contributed by atoms with E-state index in [2.05, 4.69) is 15.2 Å². The van der Waals surface area contributed by atoms with Crippen molar-refractivity contribution >= 4 is 30.7 Å². The number of pyridine rings is 1. The highest BCUT2D eigenvalue weighted by atomic mass is 35.5. The van der Waals surface area contributed by atoms with Crippen LogP contribution in [0.2, 0.25) is 0 Å². The Morgan fingerprint density at radius 1 is 1.19 bits per heavy atom. The molecule has 0 radical (unpaired) electrons. The Balaban J connectivity index is 0.00000110. The molecule has 0 spiro atoms. The fourth-order valence-electron chi connectivity index (χ4n) is 3.13. The fourth-order valence-corrected chi connectivity index (χ4v) is 3.13. The van der Waals surface area contributed by atoms with Crippen LogP contribution in [-0.4, -0.2) is 41.0 Å². The van der Waals surface area contributed by atoms with Crippen molar-refractivity contribution in [3.05, 3.63) is 30.1 Å². The van der Waals surface area contributed by atoms with E-state index in [1.165, 1.54) is 18.4 Å². The van der Waals surface area contributed by atoms with Crippen molar-refractivity contribution in [1.29, 1.82) is 0 Å². The average molecular weight is 332 g/mol. The molecular weight excluding hydrogens is 309 g/mol. The summed E-state index contributed by atoms with van der Waals surface area (Å²) in [5.74, 6) is 0.297. The van der Waals surface area contributed by atoms with Gasteiger partial charge in [-0.1, -0.05) is 0 Å². The molecule has 0 saturated carbocycles. The van der Waals surface area contributed by atoms with Crippen LogP contribution in [0.15, 0.2) is 24.5 Å². The van der Waals surface area contributed by atoms with Crippen molar-refractivity contribution < 1.29 is 4.79 Å². The normalized spacial score (nSPS) is 23.7. The molecule has 2 unspecified atom stereocenters. The highest BCUT2D eigenvalue weighted by Crippen LogP contribution is 2.21. The largest absolute Gasteiger partial charge is 0.341 e. The third kappa shape index (κ3) is 4.83. The number of amides is 1. The van der Waals surface area contributed by atoms with E-state index in [1.54, 1.807) is 12.4 Å². The van der Waals surface area contributed by atoms with Crippen molar-refractivity contribution in [3.8, 4) is 0 Å². The first-order valence-corrected chi connectivity index (χ1v) is 7.24. The van der Waals surface area contributed by atoms with Gasteiger partial charge in [-0.2, -0.15) is 0 Å². The third-order valence-corrected chi connectivity index (χ3v) is 4.25. The van der Waals surface area contributed by atoms with Crippen LogP contribution in [0.4, 0.5) is 0 Å². The molecular formula is C15H23Cl2N3O. The zero-order valence-electron chi connectivity index (χ0n) is 12.0. The molecule has 118 valence electrons. The standard InChI is InChI=1S/C15H21N3O.2ClH/c19-15(4-1-12-5-8-16-9-6-12)18-10-7-13-2-3-14(11-18)17-13;;/h5-6,8-9,13-14,17H,1-4,7,10-11H2;2*1H. The second kappa shape index (κ2) is 8.57. The van der Waals surface area contributed by atoms with Gasteiger partial charge in [-0.25, -0.2) is 0 Å². The Hall–Kier alpha value is -0.840. The van der Waals surface area contributed by atoms with Gasteiger partial charge in [0.2, 0.25) is 5.91 Å². The summed E-state index contributed by atoms with van der Waals surface area (Å²) in [6, 6.07) is 5.14. The number of halogens is 2. The molecule has 3 rings (SSSR count). The summed E-state index contributed by atoms with van der Waals surface area (Å²) in [6.45, 7) is 1.81. The quantitative estimate of drug-likeness (QED) is 0.923. The average Bonchev–Trinajstić information content (AvgIpc) is 2.77. The number of aryl methyl sites for hydroxylation is 1. The SMILES string of the molecule is Cl.Cl.O=C(CCc1ccncc1)N1CCC2CCC(C1)N2. The van der Waals surface area contributed by atoms with E-state index < -0.39 is 0 Å². The highest BCUT2D eigenvalue weighted by Gasteiger charge is 2.30. The molecule has 1 N–H and O–H groups in total. The first-order chi connectivity index (χ1) is 9.31. The van der Waals surface area contributed by atoms with E-state index in [0.29, 0.717) is 24.4 Å². The minimum absolute atomic E-state index is 0. The Labute approximate surface area is 138 Å². The Morgan fingerprint density at radius 2 is 1.90 bits per heavy atom. The van der Waals surface area contributed by atoms with Crippen molar-refractivity contribution in [3.63, 3.8) is 0 Å². The first-order valence-electron chi connectivity index (χ1n) is 7.24. The van der Waals surface area contributed by atoms with Crippen LogP contribution in [0.25, 0.3) is 0 Å². The lowest BCUT2D eigenvalue weighted by Crippen LogP contribution is -2.39. The van der Waals surface area contributed by atoms with Crippen LogP contribution in [0, 0.1) is 0 Å². The number of aromatic nitrogens is 1. The van der Waals surface area contributed by atoms with E-state index in [-0.39, 0.29) is 24.8 Å². The van der Waals surface area contributed by atoms with E-state index in [1.807, 2.05) is 12.1 Å². The number of rotatable bonds is 3. The topological polar surface area (TPSA) is 45.2 Å². The second-order valence-electron chi connectivity index (χ2n) is 5.62. The Kier molecular flexibility index (Phi) is 7.43. The van der Waals surface area contributed by atoms with Gasteiger partial charge in [0, 0.05) is 44.0 Å². The number of carbonyl (C=O) groups excluding carboxylic acids is 1. The summed E-state index contributed by atoms with van der Waals surface area (Å²) < 4.78 is 0. The maximum atomic E-state index is 12.3. The van der Waals surface area contributed by atoms with Gasteiger partial charge in [0.15, 0.2) is 0 Å². The molecule has 4 nitrogen and oxygen atoms in total. The van der Waals surface area contributed by atoms with E-state index in [0.717, 1.165) is 25.9 Å². The molecule has 2 fully saturated rings. The maximum Gasteiger partial charge on any atom is 0.222 e. The van der Waals surface area contributed by atoms with E-state index >= 15 is 0 Å². The molecule has 2 aliphatic heterocycles. The molecule has 3 heterocycles. The summed E-state index contributed by atoms with van der Waals surface area (Å²) in [4.78, 5) is 18.3. The van der Waals surface area contributed by atoms with Crippen molar-refractivity contribution in [2.45, 2.75) is 44.2 Å². The maximum absolute atomic E-state index is 12.3. The molecule has 2 saturated heterocycles. The number of likely N-dealkylation sites (tertiary alicyclic amines) is 1. The summed E-state index contributed by atoms with van der Waals surface area (Å²) in [6.07, 6.45) is 8.62. The van der Waals surface area contributed by atoms with Gasteiger partial charge in [0.05, 0.1) is 0 Å². The third-order valence-electron chi connectivity index (χ3n) is 4.25. The van der Waals surface area contributed by atoms with Crippen molar-refractivity contribution in [2.75, 3.05) is 13.1 Å². The number of hydrogen-bond donors (Lipinski definition) is 1. The zero-order chi connectivity index (χ0) is 13.1. The summed E-state index contributed by atoms with van der Waals surface area (Å²) >= 11 is 0. The van der Waals surface area contributed by atoms with Crippen LogP contribution in [0.3, 0.4) is 0 Å². The molecule has 6 heteroatoms. The molecule has 2 atom stereocenters. The Morgan fingerprint density at radius 3 is 2.67 bits per heavy atom. The first kappa shape index (κ1) is 18.2. The van der Waals surface area contributed by atoms with Gasteiger partial charge in [0.1, 0.15) is 0 Å². The predicted molar refractivity (Wildman–Crippen MR) is 88.2 cm³/mol. The summed E-state index contributed by atoms with van der Waals surface area (Å²) in [5.41, 5.74) is 1.19. The molecule has 21 heavy (non-hydrogen) atoms.